The first kappa shape index (κ1) is 14.2. The van der Waals surface area contributed by atoms with Crippen LogP contribution in [0.1, 0.15) is 36.9 Å². The molecule has 0 aromatic carbocycles. The van der Waals surface area contributed by atoms with Crippen LogP contribution in [0.5, 0.6) is 0 Å². The molecule has 0 radical (unpaired) electrons. The Morgan fingerprint density at radius 3 is 2.65 bits per heavy atom. The summed E-state index contributed by atoms with van der Waals surface area (Å²) in [6, 6.07) is 0. The highest BCUT2D eigenvalue weighted by Gasteiger charge is 2.14. The average Bonchev–Trinajstić information content (AvgIpc) is 2.52. The zero-order valence-corrected chi connectivity index (χ0v) is 11.3. The largest absolute Gasteiger partial charge is 0.330 e. The van der Waals surface area contributed by atoms with Crippen LogP contribution in [0.25, 0.3) is 0 Å². The maximum Gasteiger partial charge on any atom is 0.137 e. The molecular formula is C12H20ClN3O. The van der Waals surface area contributed by atoms with E-state index in [0.29, 0.717) is 24.5 Å². The maximum absolute atomic E-state index is 11.8. The van der Waals surface area contributed by atoms with Gasteiger partial charge in [0.25, 0.3) is 0 Å². The van der Waals surface area contributed by atoms with Gasteiger partial charge in [0.15, 0.2) is 0 Å². The summed E-state index contributed by atoms with van der Waals surface area (Å²) in [5.41, 5.74) is 7.10. The van der Waals surface area contributed by atoms with E-state index in [0.717, 1.165) is 30.5 Å². The van der Waals surface area contributed by atoms with Gasteiger partial charge in [0.05, 0.1) is 5.69 Å². The Labute approximate surface area is 107 Å². The molecule has 96 valence electrons. The molecule has 0 saturated carbocycles. The van der Waals surface area contributed by atoms with Crippen molar-refractivity contribution < 1.29 is 4.79 Å². The van der Waals surface area contributed by atoms with Crippen LogP contribution in [0.3, 0.4) is 0 Å². The summed E-state index contributed by atoms with van der Waals surface area (Å²) in [7, 11) is 1.78. The summed E-state index contributed by atoms with van der Waals surface area (Å²) in [5, 5.41) is 4.76. The van der Waals surface area contributed by atoms with Crippen LogP contribution in [0.4, 0.5) is 0 Å². The summed E-state index contributed by atoms with van der Waals surface area (Å²) in [6.45, 7) is 2.57. The number of Topliss-reactive ketones (excluding diaryl/α,β-unsaturated/α-hetero) is 1. The van der Waals surface area contributed by atoms with Crippen molar-refractivity contribution in [1.82, 2.24) is 9.78 Å². The average molecular weight is 258 g/mol. The van der Waals surface area contributed by atoms with E-state index in [1.165, 1.54) is 0 Å². The Morgan fingerprint density at radius 1 is 1.41 bits per heavy atom. The van der Waals surface area contributed by atoms with Crippen molar-refractivity contribution in [3.05, 3.63) is 16.4 Å². The molecule has 0 fully saturated rings. The van der Waals surface area contributed by atoms with Crippen molar-refractivity contribution >= 4 is 17.4 Å². The van der Waals surface area contributed by atoms with Gasteiger partial charge in [-0.2, -0.15) is 5.10 Å². The molecule has 0 aliphatic heterocycles. The van der Waals surface area contributed by atoms with E-state index in [1.54, 1.807) is 11.7 Å². The lowest BCUT2D eigenvalue weighted by atomic mass is 10.0. The van der Waals surface area contributed by atoms with Crippen molar-refractivity contribution in [3.63, 3.8) is 0 Å². The van der Waals surface area contributed by atoms with Crippen LogP contribution in [0.2, 0.25) is 5.15 Å². The number of hydrogen-bond donors (Lipinski definition) is 1. The molecule has 1 rings (SSSR count). The predicted octanol–water partition coefficient (Wildman–Crippen LogP) is 2.01. The number of nitrogens with zero attached hydrogens (tertiary/aromatic N) is 2. The Morgan fingerprint density at radius 2 is 2.12 bits per heavy atom. The van der Waals surface area contributed by atoms with E-state index in [1.807, 2.05) is 6.92 Å². The lowest BCUT2D eigenvalue weighted by molar-refractivity contribution is -0.118. The van der Waals surface area contributed by atoms with Crippen LogP contribution in [-0.2, 0) is 18.3 Å². The second kappa shape index (κ2) is 6.77. The van der Waals surface area contributed by atoms with E-state index in [-0.39, 0.29) is 5.78 Å². The zero-order valence-electron chi connectivity index (χ0n) is 10.5. The third-order valence-electron chi connectivity index (χ3n) is 2.80. The normalized spacial score (nSPS) is 10.8. The minimum Gasteiger partial charge on any atom is -0.330 e. The molecular weight excluding hydrogens is 238 g/mol. The molecule has 17 heavy (non-hydrogen) atoms. The SMILES string of the molecule is Cc1nn(C)c(Cl)c1CC(=O)CCCCCN. The van der Waals surface area contributed by atoms with Crippen molar-refractivity contribution in [2.24, 2.45) is 12.8 Å². The number of unbranched alkanes of at least 4 members (excludes halogenated alkanes) is 2. The zero-order chi connectivity index (χ0) is 12.8. The number of ketones is 1. The standard InChI is InChI=1S/C12H20ClN3O/c1-9-11(12(13)16(2)15-9)8-10(17)6-4-3-5-7-14/h3-8,14H2,1-2H3. The molecule has 1 aromatic rings. The van der Waals surface area contributed by atoms with Gasteiger partial charge in [0.2, 0.25) is 0 Å². The first-order valence-corrected chi connectivity index (χ1v) is 6.33. The van der Waals surface area contributed by atoms with Crippen molar-refractivity contribution in [2.45, 2.75) is 39.0 Å². The topological polar surface area (TPSA) is 60.9 Å². The second-order valence-corrected chi connectivity index (χ2v) is 4.65. The highest BCUT2D eigenvalue weighted by Crippen LogP contribution is 2.20. The monoisotopic (exact) mass is 257 g/mol. The summed E-state index contributed by atoms with van der Waals surface area (Å²) < 4.78 is 1.61. The van der Waals surface area contributed by atoms with Crippen molar-refractivity contribution in [2.75, 3.05) is 6.54 Å². The third-order valence-corrected chi connectivity index (χ3v) is 3.28. The van der Waals surface area contributed by atoms with Gasteiger partial charge in [-0.25, -0.2) is 0 Å². The smallest absolute Gasteiger partial charge is 0.137 e. The number of aromatic nitrogens is 2. The molecule has 0 aliphatic carbocycles. The number of halogens is 1. The van der Waals surface area contributed by atoms with E-state index in [2.05, 4.69) is 5.10 Å². The minimum absolute atomic E-state index is 0.222. The minimum atomic E-state index is 0.222. The van der Waals surface area contributed by atoms with Crippen LogP contribution in [0.15, 0.2) is 0 Å². The Kier molecular flexibility index (Phi) is 5.65. The molecule has 0 bridgehead atoms. The molecule has 4 nitrogen and oxygen atoms in total. The molecule has 0 atom stereocenters. The number of aryl methyl sites for hydroxylation is 2. The maximum atomic E-state index is 11.8. The number of rotatable bonds is 7. The third kappa shape index (κ3) is 4.13. The van der Waals surface area contributed by atoms with Gasteiger partial charge in [-0.05, 0) is 26.3 Å². The van der Waals surface area contributed by atoms with Gasteiger partial charge in [-0.15, -0.1) is 0 Å². The molecule has 0 spiro atoms. The number of carbonyl (C=O) groups excluding carboxylic acids is 1. The molecule has 0 aliphatic rings. The fraction of sp³-hybridized carbons (Fsp3) is 0.667. The highest BCUT2D eigenvalue weighted by atomic mass is 35.5. The lowest BCUT2D eigenvalue weighted by Crippen LogP contribution is -2.04. The van der Waals surface area contributed by atoms with Gasteiger partial charge in [0.1, 0.15) is 10.9 Å². The molecule has 0 saturated heterocycles. The van der Waals surface area contributed by atoms with Gasteiger partial charge in [0, 0.05) is 25.5 Å². The van der Waals surface area contributed by atoms with Gasteiger partial charge in [-0.3, -0.25) is 9.48 Å². The quantitative estimate of drug-likeness (QED) is 0.760. The van der Waals surface area contributed by atoms with Gasteiger partial charge in [-0.1, -0.05) is 18.0 Å². The van der Waals surface area contributed by atoms with Crippen LogP contribution < -0.4 is 5.73 Å². The summed E-state index contributed by atoms with van der Waals surface area (Å²) in [5.74, 6) is 0.222. The summed E-state index contributed by atoms with van der Waals surface area (Å²) >= 11 is 6.07. The summed E-state index contributed by atoms with van der Waals surface area (Å²) in [6.07, 6.45) is 3.90. The van der Waals surface area contributed by atoms with Crippen LogP contribution in [-0.4, -0.2) is 22.1 Å². The number of hydrogen-bond acceptors (Lipinski definition) is 3. The fourth-order valence-electron chi connectivity index (χ4n) is 1.80. The predicted molar refractivity (Wildman–Crippen MR) is 69.2 cm³/mol. The van der Waals surface area contributed by atoms with E-state index in [4.69, 9.17) is 17.3 Å². The van der Waals surface area contributed by atoms with Crippen molar-refractivity contribution in [1.29, 1.82) is 0 Å². The lowest BCUT2D eigenvalue weighted by Gasteiger charge is -2.01. The van der Waals surface area contributed by atoms with Crippen LogP contribution in [0, 0.1) is 6.92 Å². The van der Waals surface area contributed by atoms with Gasteiger partial charge < -0.3 is 5.73 Å². The van der Waals surface area contributed by atoms with E-state index < -0.39 is 0 Å². The second-order valence-electron chi connectivity index (χ2n) is 4.29. The molecule has 0 amide bonds. The first-order valence-electron chi connectivity index (χ1n) is 5.96. The Bertz CT molecular complexity index is 387. The molecule has 1 heterocycles. The Balaban J connectivity index is 2.45. The summed E-state index contributed by atoms with van der Waals surface area (Å²) in [4.78, 5) is 11.8. The van der Waals surface area contributed by atoms with Gasteiger partial charge >= 0.3 is 0 Å². The number of nitrogens with two attached hydrogens (primary N) is 1. The molecule has 2 N–H and O–H groups in total. The molecule has 0 unspecified atom stereocenters. The highest BCUT2D eigenvalue weighted by molar-refractivity contribution is 6.30. The first-order chi connectivity index (χ1) is 8.06. The van der Waals surface area contributed by atoms with E-state index >= 15 is 0 Å². The molecule has 1 aromatic heterocycles. The fourth-order valence-corrected chi connectivity index (χ4v) is 2.04. The Hall–Kier alpha value is -0.870. The van der Waals surface area contributed by atoms with E-state index in [9.17, 15) is 4.79 Å². The number of carbonyl (C=O) groups is 1. The molecule has 5 heteroatoms. The van der Waals surface area contributed by atoms with Crippen molar-refractivity contribution in [3.8, 4) is 0 Å². The van der Waals surface area contributed by atoms with Crippen LogP contribution >= 0.6 is 11.6 Å².